The quantitative estimate of drug-likeness (QED) is 0.792. The predicted molar refractivity (Wildman–Crippen MR) is 78.9 cm³/mol. The van der Waals surface area contributed by atoms with Gasteiger partial charge < -0.3 is 9.84 Å². The topological polar surface area (TPSA) is 55.1 Å². The Kier molecular flexibility index (Phi) is 3.35. The van der Waals surface area contributed by atoms with Crippen LogP contribution in [0.5, 0.6) is 0 Å². The third-order valence-electron chi connectivity index (χ3n) is 2.82. The van der Waals surface area contributed by atoms with Crippen LogP contribution in [0.25, 0.3) is 10.4 Å². The number of amides is 1. The summed E-state index contributed by atoms with van der Waals surface area (Å²) in [5.74, 6) is 0.340. The monoisotopic (exact) mass is 284 g/mol. The lowest BCUT2D eigenvalue weighted by atomic mass is 10.1. The second-order valence-electron chi connectivity index (χ2n) is 4.30. The molecule has 3 rings (SSSR count). The number of para-hydroxylation sites is 1. The van der Waals surface area contributed by atoms with E-state index in [0.717, 1.165) is 16.1 Å². The van der Waals surface area contributed by atoms with Crippen molar-refractivity contribution in [2.45, 2.75) is 6.92 Å². The van der Waals surface area contributed by atoms with Crippen LogP contribution in [-0.2, 0) is 0 Å². The molecule has 100 valence electrons. The Morgan fingerprint density at radius 1 is 1.25 bits per heavy atom. The molecule has 0 atom stereocenters. The zero-order chi connectivity index (χ0) is 13.9. The maximum absolute atomic E-state index is 12.1. The Hall–Kier alpha value is -2.40. The molecule has 20 heavy (non-hydrogen) atoms. The lowest BCUT2D eigenvalue weighted by Crippen LogP contribution is -2.12. The fraction of sp³-hybridized carbons (Fsp3) is 0.0667. The number of rotatable bonds is 3. The number of aromatic nitrogens is 1. The van der Waals surface area contributed by atoms with E-state index >= 15 is 0 Å². The van der Waals surface area contributed by atoms with Gasteiger partial charge in [0.05, 0.1) is 0 Å². The van der Waals surface area contributed by atoms with Crippen LogP contribution in [0.1, 0.15) is 16.2 Å². The summed E-state index contributed by atoms with van der Waals surface area (Å²) in [6.07, 6.45) is 0. The molecular formula is C15H12N2O2S. The lowest BCUT2D eigenvalue weighted by Gasteiger charge is -2.08. The molecule has 3 aromatic rings. The van der Waals surface area contributed by atoms with Crippen LogP contribution in [0.15, 0.2) is 52.4 Å². The van der Waals surface area contributed by atoms with Gasteiger partial charge in [-0.25, -0.2) is 0 Å². The van der Waals surface area contributed by atoms with E-state index in [4.69, 9.17) is 4.52 Å². The highest BCUT2D eigenvalue weighted by Crippen LogP contribution is 2.31. The number of aryl methyl sites for hydroxylation is 1. The molecule has 0 aliphatic carbocycles. The molecule has 1 amide bonds. The number of benzene rings is 1. The minimum atomic E-state index is -0.272. The van der Waals surface area contributed by atoms with E-state index in [9.17, 15) is 4.79 Å². The normalized spacial score (nSPS) is 10.4. The molecule has 4 nitrogen and oxygen atoms in total. The number of carbonyl (C=O) groups is 1. The van der Waals surface area contributed by atoms with Crippen LogP contribution in [0, 0.1) is 6.92 Å². The second-order valence-corrected chi connectivity index (χ2v) is 5.25. The Labute approximate surface area is 120 Å². The van der Waals surface area contributed by atoms with E-state index in [-0.39, 0.29) is 11.6 Å². The van der Waals surface area contributed by atoms with E-state index in [1.807, 2.05) is 41.8 Å². The van der Waals surface area contributed by atoms with Gasteiger partial charge in [-0.15, -0.1) is 11.3 Å². The highest BCUT2D eigenvalue weighted by Gasteiger charge is 2.13. The maximum Gasteiger partial charge on any atom is 0.277 e. The Morgan fingerprint density at radius 3 is 2.80 bits per heavy atom. The number of nitrogens with one attached hydrogen (secondary N) is 1. The first-order chi connectivity index (χ1) is 9.74. The van der Waals surface area contributed by atoms with Gasteiger partial charge in [0.1, 0.15) is 5.76 Å². The van der Waals surface area contributed by atoms with E-state index in [0.29, 0.717) is 5.76 Å². The Bertz CT molecular complexity index is 732. The molecule has 0 aliphatic heterocycles. The summed E-state index contributed by atoms with van der Waals surface area (Å²) in [6.45, 7) is 1.75. The number of carbonyl (C=O) groups excluding carboxylic acids is 1. The Morgan fingerprint density at radius 2 is 2.10 bits per heavy atom. The zero-order valence-corrected chi connectivity index (χ0v) is 11.6. The van der Waals surface area contributed by atoms with Gasteiger partial charge in [-0.1, -0.05) is 29.4 Å². The number of thiophene rings is 1. The van der Waals surface area contributed by atoms with Crippen molar-refractivity contribution >= 4 is 22.9 Å². The molecular weight excluding hydrogens is 272 g/mol. The molecule has 0 spiro atoms. The van der Waals surface area contributed by atoms with Crippen LogP contribution < -0.4 is 5.32 Å². The molecule has 0 unspecified atom stereocenters. The summed E-state index contributed by atoms with van der Waals surface area (Å²) in [5, 5.41) is 8.60. The van der Waals surface area contributed by atoms with Crippen LogP contribution >= 0.6 is 11.3 Å². The van der Waals surface area contributed by atoms with Crippen LogP contribution in [0.3, 0.4) is 0 Å². The van der Waals surface area contributed by atoms with Crippen molar-refractivity contribution in [1.82, 2.24) is 5.16 Å². The van der Waals surface area contributed by atoms with Crippen LogP contribution in [0.4, 0.5) is 5.69 Å². The van der Waals surface area contributed by atoms with Gasteiger partial charge >= 0.3 is 0 Å². The standard InChI is InChI=1S/C15H12N2O2S/c1-10-9-13(17-19-10)15(18)16-12-6-3-2-5-11(12)14-7-4-8-20-14/h2-9H,1H3,(H,16,18). The highest BCUT2D eigenvalue weighted by molar-refractivity contribution is 7.13. The van der Waals surface area contributed by atoms with Crippen molar-refractivity contribution in [3.05, 3.63) is 59.3 Å². The van der Waals surface area contributed by atoms with Gasteiger partial charge in [-0.2, -0.15) is 0 Å². The molecule has 0 saturated carbocycles. The molecule has 5 heteroatoms. The van der Waals surface area contributed by atoms with Crippen molar-refractivity contribution in [3.8, 4) is 10.4 Å². The minimum Gasteiger partial charge on any atom is -0.361 e. The number of hydrogen-bond acceptors (Lipinski definition) is 4. The summed E-state index contributed by atoms with van der Waals surface area (Å²) in [5.41, 5.74) is 2.04. The van der Waals surface area contributed by atoms with Crippen molar-refractivity contribution in [2.75, 3.05) is 5.32 Å². The van der Waals surface area contributed by atoms with Gasteiger partial charge in [0.25, 0.3) is 5.91 Å². The van der Waals surface area contributed by atoms with Crippen molar-refractivity contribution in [2.24, 2.45) is 0 Å². The molecule has 0 aliphatic rings. The zero-order valence-electron chi connectivity index (χ0n) is 10.8. The van der Waals surface area contributed by atoms with Crippen molar-refractivity contribution in [1.29, 1.82) is 0 Å². The summed E-state index contributed by atoms with van der Waals surface area (Å²) < 4.78 is 4.92. The van der Waals surface area contributed by atoms with Gasteiger partial charge in [0.15, 0.2) is 5.69 Å². The first-order valence-electron chi connectivity index (χ1n) is 6.11. The van der Waals surface area contributed by atoms with Crippen molar-refractivity contribution < 1.29 is 9.32 Å². The molecule has 0 bridgehead atoms. The lowest BCUT2D eigenvalue weighted by molar-refractivity contribution is 0.101. The third-order valence-corrected chi connectivity index (χ3v) is 3.73. The average Bonchev–Trinajstić information content (AvgIpc) is 3.10. The van der Waals surface area contributed by atoms with Crippen LogP contribution in [-0.4, -0.2) is 11.1 Å². The smallest absolute Gasteiger partial charge is 0.277 e. The molecule has 0 saturated heterocycles. The van der Waals surface area contributed by atoms with E-state index in [1.165, 1.54) is 0 Å². The van der Waals surface area contributed by atoms with Gasteiger partial charge in [-0.3, -0.25) is 4.79 Å². The summed E-state index contributed by atoms with van der Waals surface area (Å²) in [7, 11) is 0. The molecule has 0 fully saturated rings. The fourth-order valence-corrected chi connectivity index (χ4v) is 2.66. The predicted octanol–water partition coefficient (Wildman–Crippen LogP) is 3.96. The first-order valence-corrected chi connectivity index (χ1v) is 6.99. The molecule has 1 N–H and O–H groups in total. The van der Waals surface area contributed by atoms with E-state index in [2.05, 4.69) is 10.5 Å². The second kappa shape index (κ2) is 5.30. The summed E-state index contributed by atoms with van der Waals surface area (Å²) in [6, 6.07) is 13.3. The number of nitrogens with zero attached hydrogens (tertiary/aromatic N) is 1. The summed E-state index contributed by atoms with van der Waals surface area (Å²) in [4.78, 5) is 13.2. The van der Waals surface area contributed by atoms with Gasteiger partial charge in [0.2, 0.25) is 0 Å². The van der Waals surface area contributed by atoms with Crippen LogP contribution in [0.2, 0.25) is 0 Å². The number of hydrogen-bond donors (Lipinski definition) is 1. The molecule has 2 aromatic heterocycles. The molecule has 1 aromatic carbocycles. The first kappa shape index (κ1) is 12.6. The Balaban J connectivity index is 1.90. The average molecular weight is 284 g/mol. The maximum atomic E-state index is 12.1. The molecule has 0 radical (unpaired) electrons. The van der Waals surface area contributed by atoms with Gasteiger partial charge in [-0.05, 0) is 24.4 Å². The summed E-state index contributed by atoms with van der Waals surface area (Å²) >= 11 is 1.63. The molecule has 2 heterocycles. The largest absolute Gasteiger partial charge is 0.361 e. The van der Waals surface area contributed by atoms with Crippen molar-refractivity contribution in [3.63, 3.8) is 0 Å². The SMILES string of the molecule is Cc1cc(C(=O)Nc2ccccc2-c2cccs2)no1. The fourth-order valence-electron chi connectivity index (χ4n) is 1.90. The number of anilines is 1. The minimum absolute atomic E-state index is 0.272. The highest BCUT2D eigenvalue weighted by atomic mass is 32.1. The van der Waals surface area contributed by atoms with Gasteiger partial charge in [0, 0.05) is 22.2 Å². The van der Waals surface area contributed by atoms with E-state index < -0.39 is 0 Å². The van der Waals surface area contributed by atoms with E-state index in [1.54, 1.807) is 24.3 Å². The third kappa shape index (κ3) is 2.48.